The number of hydrogen-bond acceptors (Lipinski definition) is 2. The maximum atomic E-state index is 5.66. The van der Waals surface area contributed by atoms with Crippen molar-refractivity contribution in [3.63, 3.8) is 0 Å². The van der Waals surface area contributed by atoms with Crippen molar-refractivity contribution in [1.29, 1.82) is 0 Å². The lowest BCUT2D eigenvalue weighted by atomic mass is 10.2. The molecule has 0 fully saturated rings. The molecule has 4 N–H and O–H groups in total. The molecule has 0 radical (unpaired) electrons. The lowest BCUT2D eigenvalue weighted by molar-refractivity contribution is 1.62. The molecule has 4 aromatic carbocycles. The first-order valence-corrected chi connectivity index (χ1v) is 9.54. The van der Waals surface area contributed by atoms with E-state index in [1.807, 2.05) is 109 Å². The van der Waals surface area contributed by atoms with E-state index in [1.54, 1.807) is 0 Å². The minimum absolute atomic E-state index is 0.745. The fourth-order valence-electron chi connectivity index (χ4n) is 2.56. The summed E-state index contributed by atoms with van der Waals surface area (Å²) in [7, 11) is 0. The highest BCUT2D eigenvalue weighted by Gasteiger charge is 1.88. The van der Waals surface area contributed by atoms with Gasteiger partial charge in [-0.05, 0) is 60.7 Å². The van der Waals surface area contributed by atoms with E-state index in [4.69, 9.17) is 11.5 Å². The smallest absolute Gasteiger partial charge is 0.0326 e. The molecule has 30 heavy (non-hydrogen) atoms. The van der Waals surface area contributed by atoms with E-state index >= 15 is 0 Å². The summed E-state index contributed by atoms with van der Waals surface area (Å²) < 4.78 is 0. The molecule has 0 bridgehead atoms. The van der Waals surface area contributed by atoms with Crippen LogP contribution in [0, 0.1) is 23.7 Å². The molecule has 144 valence electrons. The number of rotatable bonds is 0. The normalized spacial score (nSPS) is 9.07. The Hall–Kier alpha value is -4.40. The largest absolute Gasteiger partial charge is 0.399 e. The lowest BCUT2D eigenvalue weighted by Crippen LogP contribution is -1.84. The quantitative estimate of drug-likeness (QED) is 0.317. The number of hydrogen-bond donors (Lipinski definition) is 2. The lowest BCUT2D eigenvalue weighted by Gasteiger charge is -1.92. The van der Waals surface area contributed by atoms with Crippen LogP contribution in [0.3, 0.4) is 0 Å². The highest BCUT2D eigenvalue weighted by Crippen LogP contribution is 2.06. The van der Waals surface area contributed by atoms with E-state index in [2.05, 4.69) is 23.7 Å². The zero-order chi connectivity index (χ0) is 21.0. The van der Waals surface area contributed by atoms with Crippen molar-refractivity contribution >= 4 is 11.4 Å². The van der Waals surface area contributed by atoms with Crippen molar-refractivity contribution in [2.24, 2.45) is 0 Å². The molecule has 2 nitrogen and oxygen atoms in total. The van der Waals surface area contributed by atoms with Gasteiger partial charge < -0.3 is 11.5 Å². The van der Waals surface area contributed by atoms with Gasteiger partial charge in [0, 0.05) is 33.6 Å². The first kappa shape index (κ1) is 20.3. The Morgan fingerprint density at radius 2 is 0.700 bits per heavy atom. The van der Waals surface area contributed by atoms with Crippen LogP contribution in [0.15, 0.2) is 109 Å². The van der Waals surface area contributed by atoms with Crippen LogP contribution >= 0.6 is 0 Å². The second-order valence-corrected chi connectivity index (χ2v) is 6.48. The predicted molar refractivity (Wildman–Crippen MR) is 127 cm³/mol. The van der Waals surface area contributed by atoms with Gasteiger partial charge in [-0.2, -0.15) is 0 Å². The molecule has 4 aromatic rings. The Morgan fingerprint density at radius 3 is 1.07 bits per heavy atom. The third kappa shape index (κ3) is 6.97. The Labute approximate surface area is 178 Å². The van der Waals surface area contributed by atoms with E-state index in [0.29, 0.717) is 0 Å². The second-order valence-electron chi connectivity index (χ2n) is 6.48. The minimum atomic E-state index is 0.745. The molecule has 0 unspecified atom stereocenters. The van der Waals surface area contributed by atoms with Crippen molar-refractivity contribution in [3.05, 3.63) is 131 Å². The monoisotopic (exact) mass is 386 g/mol. The molecule has 0 spiro atoms. The van der Waals surface area contributed by atoms with Gasteiger partial charge in [0.25, 0.3) is 0 Å². The van der Waals surface area contributed by atoms with Crippen molar-refractivity contribution in [1.82, 2.24) is 0 Å². The van der Waals surface area contributed by atoms with Gasteiger partial charge >= 0.3 is 0 Å². The third-order valence-electron chi connectivity index (χ3n) is 4.02. The molecule has 0 amide bonds. The third-order valence-corrected chi connectivity index (χ3v) is 4.02. The number of nitrogens with two attached hydrogens (primary N) is 2. The maximum Gasteiger partial charge on any atom is 0.0326 e. The molecule has 4 rings (SSSR count). The topological polar surface area (TPSA) is 52.0 Å². The van der Waals surface area contributed by atoms with Gasteiger partial charge in [0.2, 0.25) is 0 Å². The SMILES string of the molecule is Nc1cccc(C#Cc2ccccc2)c1.Nc1cccc(C#Cc2ccccc2)c1. The van der Waals surface area contributed by atoms with E-state index in [0.717, 1.165) is 33.6 Å². The summed E-state index contributed by atoms with van der Waals surface area (Å²) >= 11 is 0. The van der Waals surface area contributed by atoms with Crippen LogP contribution in [0.25, 0.3) is 0 Å². The van der Waals surface area contributed by atoms with Gasteiger partial charge in [0.15, 0.2) is 0 Å². The Kier molecular flexibility index (Phi) is 7.33. The van der Waals surface area contributed by atoms with E-state index in [-0.39, 0.29) is 0 Å². The first-order chi connectivity index (χ1) is 14.7. The fraction of sp³-hybridized carbons (Fsp3) is 0. The number of benzene rings is 4. The summed E-state index contributed by atoms with van der Waals surface area (Å²) in [6.07, 6.45) is 0. The molecule has 0 saturated carbocycles. The fourth-order valence-corrected chi connectivity index (χ4v) is 2.56. The van der Waals surface area contributed by atoms with Gasteiger partial charge in [-0.3, -0.25) is 0 Å². The van der Waals surface area contributed by atoms with Crippen LogP contribution < -0.4 is 11.5 Å². The molecular formula is C28H22N2. The van der Waals surface area contributed by atoms with Crippen LogP contribution in [-0.4, -0.2) is 0 Å². The van der Waals surface area contributed by atoms with Crippen LogP contribution in [0.1, 0.15) is 22.3 Å². The maximum absolute atomic E-state index is 5.66. The number of anilines is 2. The highest BCUT2D eigenvalue weighted by atomic mass is 14.5. The van der Waals surface area contributed by atoms with Gasteiger partial charge in [-0.15, -0.1) is 0 Å². The highest BCUT2D eigenvalue weighted by molar-refractivity contribution is 5.50. The van der Waals surface area contributed by atoms with Gasteiger partial charge in [-0.1, -0.05) is 72.2 Å². The summed E-state index contributed by atoms with van der Waals surface area (Å²) in [4.78, 5) is 0. The van der Waals surface area contributed by atoms with Gasteiger partial charge in [-0.25, -0.2) is 0 Å². The van der Waals surface area contributed by atoms with E-state index in [9.17, 15) is 0 Å². The van der Waals surface area contributed by atoms with Crippen molar-refractivity contribution in [3.8, 4) is 23.7 Å². The van der Waals surface area contributed by atoms with Crippen molar-refractivity contribution < 1.29 is 0 Å². The number of nitrogen functional groups attached to an aromatic ring is 2. The average Bonchev–Trinajstić information content (AvgIpc) is 2.78. The summed E-state index contributed by atoms with van der Waals surface area (Å²) in [6.45, 7) is 0. The van der Waals surface area contributed by atoms with Crippen molar-refractivity contribution in [2.75, 3.05) is 11.5 Å². The molecule has 0 aliphatic rings. The molecule has 0 atom stereocenters. The predicted octanol–water partition coefficient (Wildman–Crippen LogP) is 5.34. The van der Waals surface area contributed by atoms with Crippen LogP contribution in [0.2, 0.25) is 0 Å². The van der Waals surface area contributed by atoms with E-state index in [1.165, 1.54) is 0 Å². The zero-order valence-electron chi connectivity index (χ0n) is 16.5. The summed E-state index contributed by atoms with van der Waals surface area (Å²) in [5.41, 5.74) is 16.7. The molecule has 0 aliphatic carbocycles. The summed E-state index contributed by atoms with van der Waals surface area (Å²) in [5, 5.41) is 0. The Morgan fingerprint density at radius 1 is 0.367 bits per heavy atom. The molecule has 2 heteroatoms. The summed E-state index contributed by atoms with van der Waals surface area (Å²) in [5.74, 6) is 12.3. The van der Waals surface area contributed by atoms with Gasteiger partial charge in [0.05, 0.1) is 0 Å². The molecular weight excluding hydrogens is 364 g/mol. The standard InChI is InChI=1S/2C14H11N/c2*15-14-8-4-7-13(11-14)10-9-12-5-2-1-3-6-12/h2*1-8,11H,15H2. The van der Waals surface area contributed by atoms with E-state index < -0.39 is 0 Å². The average molecular weight is 386 g/mol. The zero-order valence-corrected chi connectivity index (χ0v) is 16.5. The minimum Gasteiger partial charge on any atom is -0.399 e. The molecule has 0 aromatic heterocycles. The van der Waals surface area contributed by atoms with Crippen LogP contribution in [-0.2, 0) is 0 Å². The summed E-state index contributed by atoms with van der Waals surface area (Å²) in [6, 6.07) is 35.0. The van der Waals surface area contributed by atoms with Gasteiger partial charge in [0.1, 0.15) is 0 Å². The molecule has 0 saturated heterocycles. The molecule has 0 heterocycles. The van der Waals surface area contributed by atoms with Crippen molar-refractivity contribution in [2.45, 2.75) is 0 Å². The van der Waals surface area contributed by atoms with Crippen LogP contribution in [0.5, 0.6) is 0 Å². The second kappa shape index (κ2) is 10.8. The molecule has 0 aliphatic heterocycles. The Balaban J connectivity index is 0.000000171. The Bertz CT molecular complexity index is 1110. The first-order valence-electron chi connectivity index (χ1n) is 9.54. The van der Waals surface area contributed by atoms with Crippen LogP contribution in [0.4, 0.5) is 11.4 Å².